The zero-order valence-corrected chi connectivity index (χ0v) is 10.5. The highest BCUT2D eigenvalue weighted by Gasteiger charge is 2.05. The van der Waals surface area contributed by atoms with Gasteiger partial charge in [0.15, 0.2) is 5.78 Å². The average molecular weight is 209 g/mol. The van der Waals surface area contributed by atoms with Crippen LogP contribution in [0.4, 0.5) is 0 Å². The van der Waals surface area contributed by atoms with E-state index in [9.17, 15) is 4.79 Å². The fraction of sp³-hybridized carbons (Fsp3) is 0.615. The molecule has 1 N–H and O–H groups in total. The van der Waals surface area contributed by atoms with Crippen LogP contribution in [-0.4, -0.2) is 11.8 Å². The lowest BCUT2D eigenvalue weighted by molar-refractivity contribution is -0.117. The Balaban J connectivity index is 4.61. The van der Waals surface area contributed by atoms with Crippen LogP contribution in [0.25, 0.3) is 0 Å². The van der Waals surface area contributed by atoms with E-state index in [1.165, 1.54) is 0 Å². The zero-order chi connectivity index (χ0) is 11.8. The van der Waals surface area contributed by atoms with Crippen molar-refractivity contribution in [3.05, 3.63) is 23.9 Å². The molecule has 2 heteroatoms. The standard InChI is InChI=1S/C13H23NO/c1-6-7-8-12(14-11(4)5)9-13(15)10(2)3/h7-11,14H,6H2,1-5H3/b8-7-,12-9-. The summed E-state index contributed by atoms with van der Waals surface area (Å²) in [6.07, 6.45) is 6.69. The Bertz CT molecular complexity index is 249. The summed E-state index contributed by atoms with van der Waals surface area (Å²) in [5.41, 5.74) is 0.908. The summed E-state index contributed by atoms with van der Waals surface area (Å²) in [5, 5.41) is 3.25. The second kappa shape index (κ2) is 7.27. The molecular formula is C13H23NO. The fourth-order valence-electron chi connectivity index (χ4n) is 1.04. The first-order valence-electron chi connectivity index (χ1n) is 5.66. The van der Waals surface area contributed by atoms with Crippen molar-refractivity contribution in [2.24, 2.45) is 5.92 Å². The van der Waals surface area contributed by atoms with Crippen molar-refractivity contribution >= 4 is 5.78 Å². The molecular weight excluding hydrogens is 186 g/mol. The molecule has 0 radical (unpaired) electrons. The maximum Gasteiger partial charge on any atom is 0.160 e. The van der Waals surface area contributed by atoms with Gasteiger partial charge in [-0.2, -0.15) is 0 Å². The Morgan fingerprint density at radius 3 is 2.27 bits per heavy atom. The fourth-order valence-corrected chi connectivity index (χ4v) is 1.04. The molecule has 0 amide bonds. The van der Waals surface area contributed by atoms with E-state index in [1.54, 1.807) is 6.08 Å². The predicted molar refractivity (Wildman–Crippen MR) is 65.6 cm³/mol. The van der Waals surface area contributed by atoms with Gasteiger partial charge in [-0.25, -0.2) is 0 Å². The van der Waals surface area contributed by atoms with E-state index >= 15 is 0 Å². The van der Waals surface area contributed by atoms with Crippen LogP contribution in [-0.2, 0) is 4.79 Å². The Morgan fingerprint density at radius 2 is 1.87 bits per heavy atom. The SMILES string of the molecule is CC/C=C\C(=C\C(=O)C(C)C)NC(C)C. The lowest BCUT2D eigenvalue weighted by Crippen LogP contribution is -2.22. The Morgan fingerprint density at radius 1 is 1.27 bits per heavy atom. The number of carbonyl (C=O) groups excluding carboxylic acids is 1. The largest absolute Gasteiger partial charge is 0.383 e. The topological polar surface area (TPSA) is 29.1 Å². The van der Waals surface area contributed by atoms with Crippen molar-refractivity contribution in [1.82, 2.24) is 5.32 Å². The lowest BCUT2D eigenvalue weighted by Gasteiger charge is -2.11. The van der Waals surface area contributed by atoms with Gasteiger partial charge in [0.05, 0.1) is 0 Å². The van der Waals surface area contributed by atoms with Gasteiger partial charge in [-0.3, -0.25) is 4.79 Å². The molecule has 86 valence electrons. The first-order valence-corrected chi connectivity index (χ1v) is 5.66. The van der Waals surface area contributed by atoms with E-state index in [0.29, 0.717) is 6.04 Å². The summed E-state index contributed by atoms with van der Waals surface area (Å²) >= 11 is 0. The minimum absolute atomic E-state index is 0.0592. The van der Waals surface area contributed by atoms with Gasteiger partial charge in [-0.1, -0.05) is 26.8 Å². The number of hydrogen-bond acceptors (Lipinski definition) is 2. The molecule has 0 aliphatic carbocycles. The van der Waals surface area contributed by atoms with Gasteiger partial charge in [0.25, 0.3) is 0 Å². The highest BCUT2D eigenvalue weighted by molar-refractivity contribution is 5.92. The molecule has 15 heavy (non-hydrogen) atoms. The van der Waals surface area contributed by atoms with Crippen molar-refractivity contribution in [1.29, 1.82) is 0 Å². The van der Waals surface area contributed by atoms with Crippen LogP contribution in [0.3, 0.4) is 0 Å². The second-order valence-electron chi connectivity index (χ2n) is 4.27. The molecule has 0 unspecified atom stereocenters. The van der Waals surface area contributed by atoms with Crippen molar-refractivity contribution in [3.8, 4) is 0 Å². The van der Waals surface area contributed by atoms with Crippen molar-refractivity contribution in [3.63, 3.8) is 0 Å². The number of nitrogens with one attached hydrogen (secondary N) is 1. The van der Waals surface area contributed by atoms with E-state index in [2.05, 4.69) is 32.2 Å². The van der Waals surface area contributed by atoms with Gasteiger partial charge < -0.3 is 5.32 Å². The molecule has 0 heterocycles. The maximum absolute atomic E-state index is 11.5. The summed E-state index contributed by atoms with van der Waals surface area (Å²) in [6, 6.07) is 0.345. The van der Waals surface area contributed by atoms with E-state index < -0.39 is 0 Å². The first-order chi connectivity index (χ1) is 6.97. The third kappa shape index (κ3) is 6.95. The zero-order valence-electron chi connectivity index (χ0n) is 10.5. The smallest absolute Gasteiger partial charge is 0.160 e. The van der Waals surface area contributed by atoms with E-state index in [4.69, 9.17) is 0 Å². The lowest BCUT2D eigenvalue weighted by atomic mass is 10.1. The molecule has 2 nitrogen and oxygen atoms in total. The van der Waals surface area contributed by atoms with Gasteiger partial charge in [0.1, 0.15) is 0 Å². The van der Waals surface area contributed by atoms with Crippen LogP contribution in [0.1, 0.15) is 41.0 Å². The molecule has 0 bridgehead atoms. The van der Waals surface area contributed by atoms with Gasteiger partial charge in [-0.15, -0.1) is 0 Å². The van der Waals surface area contributed by atoms with E-state index in [1.807, 2.05) is 19.9 Å². The first kappa shape index (κ1) is 13.9. The molecule has 0 aromatic carbocycles. The number of carbonyl (C=O) groups is 1. The molecule has 0 rings (SSSR count). The Kier molecular flexibility index (Phi) is 6.76. The number of rotatable bonds is 6. The normalized spacial score (nSPS) is 12.9. The van der Waals surface area contributed by atoms with Gasteiger partial charge in [0.2, 0.25) is 0 Å². The molecule has 0 saturated heterocycles. The molecule has 0 saturated carbocycles. The summed E-state index contributed by atoms with van der Waals surface area (Å²) in [4.78, 5) is 11.5. The summed E-state index contributed by atoms with van der Waals surface area (Å²) < 4.78 is 0. The van der Waals surface area contributed by atoms with Crippen LogP contribution < -0.4 is 5.32 Å². The third-order valence-electron chi connectivity index (χ3n) is 1.86. The van der Waals surface area contributed by atoms with Crippen LogP contribution in [0, 0.1) is 5.92 Å². The number of allylic oxidation sites excluding steroid dienone is 3. The predicted octanol–water partition coefficient (Wildman–Crippen LogP) is 3.06. The van der Waals surface area contributed by atoms with Crippen LogP contribution in [0.2, 0.25) is 0 Å². The average Bonchev–Trinajstić information content (AvgIpc) is 2.13. The van der Waals surface area contributed by atoms with Crippen LogP contribution >= 0.6 is 0 Å². The second-order valence-corrected chi connectivity index (χ2v) is 4.27. The molecule has 0 aliphatic heterocycles. The minimum atomic E-state index is 0.0592. The van der Waals surface area contributed by atoms with Crippen molar-refractivity contribution in [2.75, 3.05) is 0 Å². The summed E-state index contributed by atoms with van der Waals surface area (Å²) in [5.74, 6) is 0.225. The maximum atomic E-state index is 11.5. The van der Waals surface area contributed by atoms with Crippen LogP contribution in [0.15, 0.2) is 23.9 Å². The molecule has 0 fully saturated rings. The van der Waals surface area contributed by atoms with Crippen LogP contribution in [0.5, 0.6) is 0 Å². The molecule has 0 aliphatic rings. The Hall–Kier alpha value is -1.05. The van der Waals surface area contributed by atoms with Crippen molar-refractivity contribution in [2.45, 2.75) is 47.1 Å². The van der Waals surface area contributed by atoms with Gasteiger partial charge >= 0.3 is 0 Å². The third-order valence-corrected chi connectivity index (χ3v) is 1.86. The van der Waals surface area contributed by atoms with Gasteiger partial charge in [0, 0.05) is 23.7 Å². The molecule has 0 spiro atoms. The van der Waals surface area contributed by atoms with E-state index in [-0.39, 0.29) is 11.7 Å². The monoisotopic (exact) mass is 209 g/mol. The van der Waals surface area contributed by atoms with Gasteiger partial charge in [-0.05, 0) is 26.3 Å². The van der Waals surface area contributed by atoms with E-state index in [0.717, 1.165) is 12.1 Å². The molecule has 0 atom stereocenters. The highest BCUT2D eigenvalue weighted by atomic mass is 16.1. The molecule has 0 aromatic rings. The summed E-state index contributed by atoms with van der Waals surface area (Å²) in [6.45, 7) is 10.0. The van der Waals surface area contributed by atoms with Crippen molar-refractivity contribution < 1.29 is 4.79 Å². The minimum Gasteiger partial charge on any atom is -0.383 e. The molecule has 0 aromatic heterocycles. The highest BCUT2D eigenvalue weighted by Crippen LogP contribution is 2.02. The summed E-state index contributed by atoms with van der Waals surface area (Å²) in [7, 11) is 0. The number of ketones is 1. The quantitative estimate of drug-likeness (QED) is 0.538. The number of hydrogen-bond donors (Lipinski definition) is 1. The Labute approximate surface area is 93.5 Å².